The molecule has 3 rings (SSSR count). The minimum atomic E-state index is -0.272. The van der Waals surface area contributed by atoms with Crippen molar-refractivity contribution in [2.75, 3.05) is 39.3 Å². The average molecular weight is 340 g/mol. The standard InChI is InChI=1S/C14H25N3O2.2ClH/c1-11-9-16-6-3-2-4-12(16)10-17(11)14(18)13-8-15-5-7-19-13;;/h11-13,15H,2-10H2,1H3;2*1H. The summed E-state index contributed by atoms with van der Waals surface area (Å²) in [7, 11) is 0. The van der Waals surface area contributed by atoms with Crippen LogP contribution in [0, 0.1) is 0 Å². The molecule has 1 amide bonds. The maximum atomic E-state index is 12.6. The van der Waals surface area contributed by atoms with E-state index in [1.54, 1.807) is 0 Å². The van der Waals surface area contributed by atoms with Crippen molar-refractivity contribution < 1.29 is 9.53 Å². The first-order chi connectivity index (χ1) is 9.25. The highest BCUT2D eigenvalue weighted by Crippen LogP contribution is 2.24. The highest BCUT2D eigenvalue weighted by molar-refractivity contribution is 5.85. The van der Waals surface area contributed by atoms with Crippen molar-refractivity contribution in [1.82, 2.24) is 15.1 Å². The summed E-state index contributed by atoms with van der Waals surface area (Å²) in [5, 5.41) is 3.24. The molecule has 5 nitrogen and oxygen atoms in total. The molecular weight excluding hydrogens is 313 g/mol. The normalized spacial score (nSPS) is 33.4. The highest BCUT2D eigenvalue weighted by Gasteiger charge is 2.38. The Hall–Kier alpha value is -0.0700. The van der Waals surface area contributed by atoms with Gasteiger partial charge in [-0.05, 0) is 26.3 Å². The van der Waals surface area contributed by atoms with E-state index in [-0.39, 0.29) is 36.8 Å². The molecule has 3 fully saturated rings. The maximum Gasteiger partial charge on any atom is 0.253 e. The molecule has 0 bridgehead atoms. The number of halogens is 2. The van der Waals surface area contributed by atoms with Crippen molar-refractivity contribution >= 4 is 30.7 Å². The van der Waals surface area contributed by atoms with Crippen LogP contribution in [-0.4, -0.2) is 73.2 Å². The van der Waals surface area contributed by atoms with Crippen LogP contribution in [0.3, 0.4) is 0 Å². The molecule has 0 aliphatic carbocycles. The minimum absolute atomic E-state index is 0. The van der Waals surface area contributed by atoms with Crippen molar-refractivity contribution in [3.05, 3.63) is 0 Å². The maximum absolute atomic E-state index is 12.6. The van der Waals surface area contributed by atoms with E-state index in [1.807, 2.05) is 0 Å². The third-order valence-electron chi connectivity index (χ3n) is 4.67. The lowest BCUT2D eigenvalue weighted by Crippen LogP contribution is -2.62. The number of nitrogens with one attached hydrogen (secondary N) is 1. The highest BCUT2D eigenvalue weighted by atomic mass is 35.5. The first-order valence-electron chi connectivity index (χ1n) is 7.62. The van der Waals surface area contributed by atoms with Gasteiger partial charge >= 0.3 is 0 Å². The van der Waals surface area contributed by atoms with Crippen molar-refractivity contribution in [1.29, 1.82) is 0 Å². The molecule has 3 atom stereocenters. The van der Waals surface area contributed by atoms with Crippen molar-refractivity contribution in [2.45, 2.75) is 44.4 Å². The van der Waals surface area contributed by atoms with Gasteiger partial charge in [0.1, 0.15) is 6.10 Å². The Balaban J connectivity index is 0.00000110. The molecule has 0 aromatic heterocycles. The molecule has 0 aromatic rings. The van der Waals surface area contributed by atoms with Gasteiger partial charge in [-0.3, -0.25) is 9.69 Å². The Morgan fingerprint density at radius 1 is 1.24 bits per heavy atom. The Kier molecular flexibility index (Phi) is 7.71. The zero-order valence-electron chi connectivity index (χ0n) is 12.6. The Morgan fingerprint density at radius 3 is 2.76 bits per heavy atom. The van der Waals surface area contributed by atoms with Crippen LogP contribution in [0.1, 0.15) is 26.2 Å². The molecule has 0 aromatic carbocycles. The van der Waals surface area contributed by atoms with Crippen molar-refractivity contribution in [3.8, 4) is 0 Å². The topological polar surface area (TPSA) is 44.8 Å². The van der Waals surface area contributed by atoms with Gasteiger partial charge < -0.3 is 15.0 Å². The summed E-state index contributed by atoms with van der Waals surface area (Å²) < 4.78 is 5.61. The number of ether oxygens (including phenoxy) is 1. The summed E-state index contributed by atoms with van der Waals surface area (Å²) in [4.78, 5) is 17.2. The number of carbonyl (C=O) groups excluding carboxylic acids is 1. The number of piperidine rings is 1. The number of hydrogen-bond acceptors (Lipinski definition) is 4. The smallest absolute Gasteiger partial charge is 0.253 e. The van der Waals surface area contributed by atoms with Crippen LogP contribution in [-0.2, 0) is 9.53 Å². The monoisotopic (exact) mass is 339 g/mol. The number of piperazine rings is 1. The summed E-state index contributed by atoms with van der Waals surface area (Å²) in [5.41, 5.74) is 0. The third-order valence-corrected chi connectivity index (χ3v) is 4.67. The number of hydrogen-bond donors (Lipinski definition) is 1. The SMILES string of the molecule is CC1CN2CCCCC2CN1C(=O)C1CNCCO1.Cl.Cl. The van der Waals surface area contributed by atoms with E-state index < -0.39 is 0 Å². The Labute approximate surface area is 139 Å². The van der Waals surface area contributed by atoms with Gasteiger partial charge in [-0.15, -0.1) is 24.8 Å². The van der Waals surface area contributed by atoms with Crippen LogP contribution in [0.15, 0.2) is 0 Å². The second-order valence-electron chi connectivity index (χ2n) is 6.05. The molecule has 3 heterocycles. The van der Waals surface area contributed by atoms with Gasteiger partial charge in [0.15, 0.2) is 0 Å². The van der Waals surface area contributed by atoms with Crippen LogP contribution in [0.5, 0.6) is 0 Å². The van der Waals surface area contributed by atoms with Crippen molar-refractivity contribution in [2.24, 2.45) is 0 Å². The number of morpholine rings is 1. The minimum Gasteiger partial charge on any atom is -0.366 e. The number of amides is 1. The predicted molar refractivity (Wildman–Crippen MR) is 87.5 cm³/mol. The van der Waals surface area contributed by atoms with E-state index in [0.717, 1.165) is 19.6 Å². The summed E-state index contributed by atoms with van der Waals surface area (Å²) >= 11 is 0. The summed E-state index contributed by atoms with van der Waals surface area (Å²) in [5.74, 6) is 0.185. The van der Waals surface area contributed by atoms with Crippen LogP contribution in [0.2, 0.25) is 0 Å². The fraction of sp³-hybridized carbons (Fsp3) is 0.929. The average Bonchev–Trinajstić information content (AvgIpc) is 2.47. The summed E-state index contributed by atoms with van der Waals surface area (Å²) in [6, 6.07) is 0.887. The Bertz CT molecular complexity index is 340. The molecule has 1 N–H and O–H groups in total. The lowest BCUT2D eigenvalue weighted by molar-refractivity contribution is -0.152. The van der Waals surface area contributed by atoms with E-state index in [1.165, 1.54) is 25.8 Å². The molecule has 21 heavy (non-hydrogen) atoms. The lowest BCUT2D eigenvalue weighted by atomic mass is 9.96. The van der Waals surface area contributed by atoms with E-state index in [0.29, 0.717) is 25.2 Å². The molecule has 7 heteroatoms. The van der Waals surface area contributed by atoms with Crippen LogP contribution >= 0.6 is 24.8 Å². The zero-order valence-corrected chi connectivity index (χ0v) is 14.3. The largest absolute Gasteiger partial charge is 0.366 e. The number of rotatable bonds is 1. The van der Waals surface area contributed by atoms with E-state index >= 15 is 0 Å². The molecule has 124 valence electrons. The molecule has 3 aliphatic heterocycles. The van der Waals surface area contributed by atoms with E-state index in [2.05, 4.69) is 22.0 Å². The molecule has 0 radical (unpaired) electrons. The molecule has 0 saturated carbocycles. The van der Waals surface area contributed by atoms with Crippen LogP contribution in [0.25, 0.3) is 0 Å². The van der Waals surface area contributed by atoms with Gasteiger partial charge in [0.2, 0.25) is 0 Å². The molecule has 3 aliphatic rings. The fourth-order valence-corrected chi connectivity index (χ4v) is 3.57. The van der Waals surface area contributed by atoms with E-state index in [4.69, 9.17) is 4.74 Å². The number of carbonyl (C=O) groups is 1. The van der Waals surface area contributed by atoms with Crippen LogP contribution in [0.4, 0.5) is 0 Å². The van der Waals surface area contributed by atoms with Gasteiger partial charge in [-0.2, -0.15) is 0 Å². The first-order valence-corrected chi connectivity index (χ1v) is 7.62. The predicted octanol–water partition coefficient (Wildman–Crippen LogP) is 0.904. The first kappa shape index (κ1) is 19.0. The Morgan fingerprint density at radius 2 is 2.05 bits per heavy atom. The molecule has 3 unspecified atom stereocenters. The number of fused-ring (bicyclic) bond motifs is 1. The summed E-state index contributed by atoms with van der Waals surface area (Å²) in [6.45, 7) is 7.45. The van der Waals surface area contributed by atoms with E-state index in [9.17, 15) is 4.79 Å². The summed E-state index contributed by atoms with van der Waals surface area (Å²) in [6.07, 6.45) is 3.58. The van der Waals surface area contributed by atoms with Gasteiger partial charge in [-0.1, -0.05) is 6.42 Å². The molecule has 3 saturated heterocycles. The number of nitrogens with zero attached hydrogens (tertiary/aromatic N) is 2. The van der Waals surface area contributed by atoms with Crippen LogP contribution < -0.4 is 5.32 Å². The third kappa shape index (κ3) is 4.23. The van der Waals surface area contributed by atoms with Gasteiger partial charge in [0, 0.05) is 38.3 Å². The molecule has 0 spiro atoms. The van der Waals surface area contributed by atoms with Gasteiger partial charge in [-0.25, -0.2) is 0 Å². The second-order valence-corrected chi connectivity index (χ2v) is 6.05. The second kappa shape index (κ2) is 8.53. The quantitative estimate of drug-likeness (QED) is 0.771. The lowest BCUT2D eigenvalue weighted by Gasteiger charge is -2.48. The molecular formula is C14H27Cl2N3O2. The fourth-order valence-electron chi connectivity index (χ4n) is 3.57. The van der Waals surface area contributed by atoms with Gasteiger partial charge in [0.25, 0.3) is 5.91 Å². The van der Waals surface area contributed by atoms with Crippen molar-refractivity contribution in [3.63, 3.8) is 0 Å². The zero-order chi connectivity index (χ0) is 13.2. The van der Waals surface area contributed by atoms with Gasteiger partial charge in [0.05, 0.1) is 6.61 Å².